The van der Waals surface area contributed by atoms with Crippen LogP contribution in [0.2, 0.25) is 0 Å². The minimum absolute atomic E-state index is 0.568. The fourth-order valence-corrected chi connectivity index (χ4v) is 3.57. The Bertz CT molecular complexity index is 453. The van der Waals surface area contributed by atoms with E-state index in [9.17, 15) is 5.11 Å². The van der Waals surface area contributed by atoms with Crippen molar-refractivity contribution in [3.63, 3.8) is 0 Å². The van der Waals surface area contributed by atoms with Gasteiger partial charge in [-0.2, -0.15) is 0 Å². The quantitative estimate of drug-likeness (QED) is 0.742. The lowest BCUT2D eigenvalue weighted by Gasteiger charge is -2.29. The largest absolute Gasteiger partial charge is 0.507 e. The molecule has 1 aromatic carbocycles. The molecule has 1 aliphatic carbocycles. The Hall–Kier alpha value is -1.02. The normalized spacial score (nSPS) is 24.2. The number of nitrogens with zero attached hydrogens (tertiary/aromatic N) is 1. The van der Waals surface area contributed by atoms with E-state index in [2.05, 4.69) is 18.0 Å². The Kier molecular flexibility index (Phi) is 2.62. The fraction of sp³-hybridized carbons (Fsp3) is 0.600. The number of aromatic hydroxyl groups is 1. The van der Waals surface area contributed by atoms with Crippen LogP contribution in [0.25, 0.3) is 0 Å². The second-order valence-corrected chi connectivity index (χ2v) is 5.69. The summed E-state index contributed by atoms with van der Waals surface area (Å²) in [5, 5.41) is 10.2. The van der Waals surface area contributed by atoms with Gasteiger partial charge < -0.3 is 10.0 Å². The molecule has 0 fully saturated rings. The number of hydrogen-bond donors (Lipinski definition) is 1. The van der Waals surface area contributed by atoms with Gasteiger partial charge in [0.05, 0.1) is 0 Å². The van der Waals surface area contributed by atoms with E-state index in [0.717, 1.165) is 31.5 Å². The van der Waals surface area contributed by atoms with E-state index in [-0.39, 0.29) is 0 Å². The molecule has 0 bridgehead atoms. The van der Waals surface area contributed by atoms with Crippen LogP contribution in [-0.2, 0) is 12.8 Å². The molecule has 2 nitrogen and oxygen atoms in total. The first kappa shape index (κ1) is 11.1. The molecule has 1 N–H and O–H groups in total. The van der Waals surface area contributed by atoms with Crippen molar-refractivity contribution in [2.24, 2.45) is 0 Å². The van der Waals surface area contributed by atoms with Gasteiger partial charge >= 0.3 is 0 Å². The summed E-state index contributed by atoms with van der Waals surface area (Å²) in [4.78, 5) is 2.44. The molecule has 0 amide bonds. The van der Waals surface area contributed by atoms with Gasteiger partial charge in [-0.3, -0.25) is 0 Å². The van der Waals surface area contributed by atoms with Crippen LogP contribution in [-0.4, -0.2) is 30.1 Å². The van der Waals surface area contributed by atoms with Crippen molar-refractivity contribution in [2.45, 2.75) is 38.5 Å². The number of likely N-dealkylation sites (N-methyl/N-ethyl adjacent to an activating group) is 1. The monoisotopic (exact) mass is 231 g/mol. The Balaban J connectivity index is 2.18. The number of aryl methyl sites for hydroxylation is 1. The van der Waals surface area contributed by atoms with Gasteiger partial charge in [-0.25, -0.2) is 0 Å². The van der Waals surface area contributed by atoms with E-state index in [1.165, 1.54) is 29.5 Å². The van der Waals surface area contributed by atoms with Gasteiger partial charge in [0.15, 0.2) is 0 Å². The summed E-state index contributed by atoms with van der Waals surface area (Å²) in [7, 11) is 2.22. The zero-order chi connectivity index (χ0) is 12.0. The summed E-state index contributed by atoms with van der Waals surface area (Å²) in [5.74, 6) is 1.21. The van der Waals surface area contributed by atoms with Crippen LogP contribution < -0.4 is 0 Å². The summed E-state index contributed by atoms with van der Waals surface area (Å²) in [6, 6.07) is 2.21. The third-order valence-electron chi connectivity index (χ3n) is 4.40. The predicted molar refractivity (Wildman–Crippen MR) is 69.7 cm³/mol. The van der Waals surface area contributed by atoms with Crippen molar-refractivity contribution < 1.29 is 5.11 Å². The zero-order valence-electron chi connectivity index (χ0n) is 10.8. The van der Waals surface area contributed by atoms with Gasteiger partial charge in [0, 0.05) is 13.1 Å². The van der Waals surface area contributed by atoms with Gasteiger partial charge in [-0.1, -0.05) is 6.07 Å². The Morgan fingerprint density at radius 1 is 1.35 bits per heavy atom. The van der Waals surface area contributed by atoms with Gasteiger partial charge in [0.1, 0.15) is 5.75 Å². The van der Waals surface area contributed by atoms with Crippen LogP contribution in [0.5, 0.6) is 5.75 Å². The summed E-state index contributed by atoms with van der Waals surface area (Å²) in [5.41, 5.74) is 5.29. The number of phenolic OH excluding ortho intramolecular Hbond substituents is 1. The number of phenols is 1. The van der Waals surface area contributed by atoms with Crippen molar-refractivity contribution in [3.05, 3.63) is 28.3 Å². The first-order valence-corrected chi connectivity index (χ1v) is 6.69. The van der Waals surface area contributed by atoms with Gasteiger partial charge in [0.2, 0.25) is 0 Å². The van der Waals surface area contributed by atoms with Gasteiger partial charge in [-0.05, 0) is 67.8 Å². The number of rotatable bonds is 0. The standard InChI is InChI=1S/C15H21NO/c1-10-8-11-6-7-16(2)9-12-4-3-5-13(14(11)12)15(10)17/h8,12,17H,3-7,9H2,1-2H3. The molecule has 2 aliphatic rings. The highest BCUT2D eigenvalue weighted by Crippen LogP contribution is 2.41. The molecular weight excluding hydrogens is 210 g/mol. The molecular formula is C15H21NO. The van der Waals surface area contributed by atoms with E-state index < -0.39 is 0 Å². The zero-order valence-corrected chi connectivity index (χ0v) is 10.8. The van der Waals surface area contributed by atoms with E-state index in [1.807, 2.05) is 6.92 Å². The number of benzene rings is 1. The summed E-state index contributed by atoms with van der Waals surface area (Å²) >= 11 is 0. The summed E-state index contributed by atoms with van der Waals surface area (Å²) in [6.45, 7) is 4.33. The lowest BCUT2D eigenvalue weighted by Crippen LogP contribution is -2.25. The van der Waals surface area contributed by atoms with E-state index in [1.54, 1.807) is 0 Å². The Morgan fingerprint density at radius 3 is 3.00 bits per heavy atom. The average Bonchev–Trinajstić information content (AvgIpc) is 2.47. The molecule has 0 spiro atoms. The first-order chi connectivity index (χ1) is 8.16. The minimum Gasteiger partial charge on any atom is -0.507 e. The van der Waals surface area contributed by atoms with Crippen LogP contribution in [0.15, 0.2) is 6.07 Å². The second-order valence-electron chi connectivity index (χ2n) is 5.69. The molecule has 0 radical (unpaired) electrons. The molecule has 1 aromatic rings. The molecule has 0 saturated carbocycles. The Morgan fingerprint density at radius 2 is 2.18 bits per heavy atom. The predicted octanol–water partition coefficient (Wildman–Crippen LogP) is 2.61. The molecule has 92 valence electrons. The van der Waals surface area contributed by atoms with Gasteiger partial charge in [0.25, 0.3) is 0 Å². The van der Waals surface area contributed by atoms with Crippen molar-refractivity contribution in [1.82, 2.24) is 4.90 Å². The third kappa shape index (κ3) is 1.75. The molecule has 1 atom stereocenters. The molecule has 0 aromatic heterocycles. The van der Waals surface area contributed by atoms with E-state index >= 15 is 0 Å². The molecule has 17 heavy (non-hydrogen) atoms. The maximum Gasteiger partial charge on any atom is 0.121 e. The van der Waals surface area contributed by atoms with Crippen molar-refractivity contribution in [2.75, 3.05) is 20.1 Å². The SMILES string of the molecule is Cc1cc2c3c(c1O)CCCC3CN(C)CC2. The topological polar surface area (TPSA) is 23.5 Å². The van der Waals surface area contributed by atoms with Crippen LogP contribution in [0.4, 0.5) is 0 Å². The highest BCUT2D eigenvalue weighted by molar-refractivity contribution is 5.52. The smallest absolute Gasteiger partial charge is 0.121 e. The molecule has 1 heterocycles. The lowest BCUT2D eigenvalue weighted by molar-refractivity contribution is 0.312. The lowest BCUT2D eigenvalue weighted by atomic mass is 9.78. The third-order valence-corrected chi connectivity index (χ3v) is 4.40. The average molecular weight is 231 g/mol. The van der Waals surface area contributed by atoms with Crippen LogP contribution >= 0.6 is 0 Å². The number of hydrogen-bond acceptors (Lipinski definition) is 2. The second kappa shape index (κ2) is 4.02. The molecule has 1 unspecified atom stereocenters. The van der Waals surface area contributed by atoms with E-state index in [0.29, 0.717) is 11.7 Å². The first-order valence-electron chi connectivity index (χ1n) is 6.69. The molecule has 2 heteroatoms. The van der Waals surface area contributed by atoms with Crippen LogP contribution in [0.1, 0.15) is 41.0 Å². The van der Waals surface area contributed by atoms with Crippen LogP contribution in [0.3, 0.4) is 0 Å². The minimum atomic E-state index is 0.568. The molecule has 3 rings (SSSR count). The highest BCUT2D eigenvalue weighted by Gasteiger charge is 2.29. The van der Waals surface area contributed by atoms with Crippen molar-refractivity contribution in [1.29, 1.82) is 0 Å². The molecule has 0 saturated heterocycles. The van der Waals surface area contributed by atoms with Gasteiger partial charge in [-0.15, -0.1) is 0 Å². The summed E-state index contributed by atoms with van der Waals surface area (Å²) < 4.78 is 0. The molecule has 1 aliphatic heterocycles. The maximum absolute atomic E-state index is 10.2. The van der Waals surface area contributed by atoms with Crippen molar-refractivity contribution in [3.8, 4) is 5.75 Å². The Labute approximate surface area is 103 Å². The maximum atomic E-state index is 10.2. The van der Waals surface area contributed by atoms with Crippen LogP contribution in [0, 0.1) is 6.92 Å². The summed E-state index contributed by atoms with van der Waals surface area (Å²) in [6.07, 6.45) is 4.71. The van der Waals surface area contributed by atoms with E-state index in [4.69, 9.17) is 0 Å². The fourth-order valence-electron chi connectivity index (χ4n) is 3.57. The van der Waals surface area contributed by atoms with Crippen molar-refractivity contribution >= 4 is 0 Å². The highest BCUT2D eigenvalue weighted by atomic mass is 16.3.